The fraction of sp³-hybridized carbons (Fsp3) is 0.636. The van der Waals surface area contributed by atoms with Crippen molar-refractivity contribution in [3.05, 3.63) is 35.4 Å². The quantitative estimate of drug-likeness (QED) is 0.537. The van der Waals surface area contributed by atoms with Gasteiger partial charge in [-0.25, -0.2) is 8.78 Å². The molecule has 1 aromatic rings. The smallest absolute Gasteiger partial charge is 0.251 e. The third-order valence-corrected chi connectivity index (χ3v) is 5.89. The Morgan fingerprint density at radius 2 is 1.87 bits per heavy atom. The number of likely N-dealkylation sites (tertiary alicyclic amines) is 1. The number of halogens is 2. The first kappa shape index (κ1) is 22.6. The largest absolute Gasteiger partial charge is 0.385 e. The van der Waals surface area contributed by atoms with Crippen molar-refractivity contribution in [3.8, 4) is 0 Å². The lowest BCUT2D eigenvalue weighted by molar-refractivity contribution is -0.122. The van der Waals surface area contributed by atoms with Gasteiger partial charge in [0, 0.05) is 57.4 Å². The lowest BCUT2D eigenvalue weighted by Gasteiger charge is -2.30. The van der Waals surface area contributed by atoms with Crippen LogP contribution in [-0.4, -0.2) is 62.1 Å². The van der Waals surface area contributed by atoms with Crippen LogP contribution in [0.5, 0.6) is 0 Å². The van der Waals surface area contributed by atoms with Crippen molar-refractivity contribution in [1.82, 2.24) is 15.5 Å². The van der Waals surface area contributed by atoms with Crippen LogP contribution in [-0.2, 0) is 9.53 Å². The monoisotopic (exact) mass is 423 g/mol. The summed E-state index contributed by atoms with van der Waals surface area (Å²) in [7, 11) is 1.64. The molecule has 1 saturated heterocycles. The van der Waals surface area contributed by atoms with E-state index in [0.717, 1.165) is 37.9 Å². The normalized spacial score (nSPS) is 21.6. The number of hydrogen-bond donors (Lipinski definition) is 2. The molecule has 0 aromatic heterocycles. The molecule has 30 heavy (non-hydrogen) atoms. The minimum absolute atomic E-state index is 0.0448. The van der Waals surface area contributed by atoms with Crippen LogP contribution in [0.4, 0.5) is 8.78 Å². The Morgan fingerprint density at radius 1 is 1.10 bits per heavy atom. The standard InChI is InChI=1S/C22H31F2N3O3/c1-30-10-2-9-25-21(28)12-17-6-7-18(27(17)14-15-3-4-15)13-26-22(29)16-5-8-19(23)20(24)11-16/h5,8,11,15,17-18H,2-4,6-7,9-10,12-14H2,1H3,(H,25,28)(H,26,29)/t17-,18+/m1/s1. The summed E-state index contributed by atoms with van der Waals surface area (Å²) in [6, 6.07) is 3.46. The van der Waals surface area contributed by atoms with E-state index < -0.39 is 17.5 Å². The molecule has 0 spiro atoms. The van der Waals surface area contributed by atoms with Crippen molar-refractivity contribution in [2.45, 2.75) is 50.6 Å². The summed E-state index contributed by atoms with van der Waals surface area (Å²) in [5.74, 6) is -1.71. The van der Waals surface area contributed by atoms with Crippen LogP contribution in [0.2, 0.25) is 0 Å². The van der Waals surface area contributed by atoms with Crippen LogP contribution in [0.3, 0.4) is 0 Å². The van der Waals surface area contributed by atoms with Crippen molar-refractivity contribution in [2.75, 3.05) is 33.4 Å². The molecule has 1 aromatic carbocycles. The molecule has 3 rings (SSSR count). The molecule has 6 nitrogen and oxygen atoms in total. The minimum atomic E-state index is -1.03. The van der Waals surface area contributed by atoms with E-state index in [-0.39, 0.29) is 23.6 Å². The van der Waals surface area contributed by atoms with E-state index >= 15 is 0 Å². The molecule has 0 unspecified atom stereocenters. The molecular formula is C22H31F2N3O3. The van der Waals surface area contributed by atoms with Gasteiger partial charge >= 0.3 is 0 Å². The number of benzene rings is 1. The number of carbonyl (C=O) groups is 2. The number of nitrogens with zero attached hydrogens (tertiary/aromatic N) is 1. The zero-order valence-electron chi connectivity index (χ0n) is 17.5. The molecule has 2 atom stereocenters. The second-order valence-corrected chi connectivity index (χ2v) is 8.26. The van der Waals surface area contributed by atoms with Gasteiger partial charge in [0.2, 0.25) is 5.91 Å². The Kier molecular flexibility index (Phi) is 8.16. The van der Waals surface area contributed by atoms with Crippen molar-refractivity contribution in [3.63, 3.8) is 0 Å². The summed E-state index contributed by atoms with van der Waals surface area (Å²) in [6.07, 6.45) is 5.46. The third kappa shape index (κ3) is 6.47. The maximum atomic E-state index is 13.4. The molecule has 1 aliphatic heterocycles. The Morgan fingerprint density at radius 3 is 2.57 bits per heavy atom. The minimum Gasteiger partial charge on any atom is -0.385 e. The lowest BCUT2D eigenvalue weighted by atomic mass is 10.1. The fourth-order valence-electron chi connectivity index (χ4n) is 4.03. The second kappa shape index (κ2) is 10.8. The molecule has 0 radical (unpaired) electrons. The molecule has 2 fully saturated rings. The Bertz CT molecular complexity index is 742. The molecule has 8 heteroatoms. The van der Waals surface area contributed by atoms with Crippen LogP contribution in [0.25, 0.3) is 0 Å². The molecule has 2 aliphatic rings. The van der Waals surface area contributed by atoms with Gasteiger partial charge in [-0.3, -0.25) is 14.5 Å². The highest BCUT2D eigenvalue weighted by Crippen LogP contribution is 2.35. The van der Waals surface area contributed by atoms with E-state index in [4.69, 9.17) is 4.74 Å². The fourth-order valence-corrected chi connectivity index (χ4v) is 4.03. The van der Waals surface area contributed by atoms with Gasteiger partial charge in [0.1, 0.15) is 0 Å². The van der Waals surface area contributed by atoms with E-state index in [0.29, 0.717) is 32.0 Å². The van der Waals surface area contributed by atoms with Gasteiger partial charge in [-0.05, 0) is 56.2 Å². The van der Waals surface area contributed by atoms with Gasteiger partial charge in [0.25, 0.3) is 5.91 Å². The van der Waals surface area contributed by atoms with Crippen LogP contribution in [0.15, 0.2) is 18.2 Å². The summed E-state index contributed by atoms with van der Waals surface area (Å²) in [5, 5.41) is 5.80. The molecular weight excluding hydrogens is 392 g/mol. The van der Waals surface area contributed by atoms with Gasteiger partial charge in [-0.15, -0.1) is 0 Å². The summed E-state index contributed by atoms with van der Waals surface area (Å²) in [5.41, 5.74) is 0.104. The second-order valence-electron chi connectivity index (χ2n) is 8.26. The van der Waals surface area contributed by atoms with E-state index in [2.05, 4.69) is 15.5 Å². The highest BCUT2D eigenvalue weighted by atomic mass is 19.2. The van der Waals surface area contributed by atoms with Gasteiger partial charge < -0.3 is 15.4 Å². The first-order chi connectivity index (χ1) is 14.5. The number of amides is 2. The molecule has 2 amide bonds. The molecule has 1 saturated carbocycles. The number of rotatable bonds is 11. The van der Waals surface area contributed by atoms with Crippen molar-refractivity contribution in [1.29, 1.82) is 0 Å². The van der Waals surface area contributed by atoms with Crippen LogP contribution in [0.1, 0.15) is 48.9 Å². The SMILES string of the molecule is COCCCNC(=O)C[C@H]1CC[C@@H](CNC(=O)c2ccc(F)c(F)c2)N1CC1CC1. The van der Waals surface area contributed by atoms with Crippen molar-refractivity contribution in [2.24, 2.45) is 5.92 Å². The zero-order valence-corrected chi connectivity index (χ0v) is 17.5. The van der Waals surface area contributed by atoms with Crippen molar-refractivity contribution >= 4 is 11.8 Å². The molecule has 166 valence electrons. The van der Waals surface area contributed by atoms with E-state index in [1.807, 2.05) is 0 Å². The predicted molar refractivity (Wildman–Crippen MR) is 109 cm³/mol. The highest BCUT2D eigenvalue weighted by molar-refractivity contribution is 5.94. The van der Waals surface area contributed by atoms with Crippen LogP contribution in [0, 0.1) is 17.6 Å². The van der Waals surface area contributed by atoms with Crippen LogP contribution >= 0.6 is 0 Å². The Labute approximate surface area is 176 Å². The highest BCUT2D eigenvalue weighted by Gasteiger charge is 2.38. The molecule has 1 aliphatic carbocycles. The average molecular weight is 424 g/mol. The van der Waals surface area contributed by atoms with Gasteiger partial charge in [-0.2, -0.15) is 0 Å². The third-order valence-electron chi connectivity index (χ3n) is 5.89. The summed E-state index contributed by atoms with van der Waals surface area (Å²) in [4.78, 5) is 27.0. The van der Waals surface area contributed by atoms with Gasteiger partial charge in [-0.1, -0.05) is 0 Å². The predicted octanol–water partition coefficient (Wildman–Crippen LogP) is 2.48. The number of nitrogens with one attached hydrogen (secondary N) is 2. The van der Waals surface area contributed by atoms with E-state index in [9.17, 15) is 18.4 Å². The average Bonchev–Trinajstić information content (AvgIpc) is 3.47. The number of hydrogen-bond acceptors (Lipinski definition) is 4. The first-order valence-electron chi connectivity index (χ1n) is 10.7. The molecule has 2 N–H and O–H groups in total. The van der Waals surface area contributed by atoms with Gasteiger partial charge in [0.15, 0.2) is 11.6 Å². The maximum Gasteiger partial charge on any atom is 0.251 e. The molecule has 0 bridgehead atoms. The van der Waals surface area contributed by atoms with E-state index in [1.54, 1.807) is 7.11 Å². The lowest BCUT2D eigenvalue weighted by Crippen LogP contribution is -2.45. The summed E-state index contributed by atoms with van der Waals surface area (Å²) < 4.78 is 31.5. The summed E-state index contributed by atoms with van der Waals surface area (Å²) >= 11 is 0. The Balaban J connectivity index is 1.51. The summed E-state index contributed by atoms with van der Waals surface area (Å²) in [6.45, 7) is 2.59. The van der Waals surface area contributed by atoms with Gasteiger partial charge in [0.05, 0.1) is 0 Å². The number of carbonyl (C=O) groups excluding carboxylic acids is 2. The first-order valence-corrected chi connectivity index (χ1v) is 10.7. The maximum absolute atomic E-state index is 13.4. The topological polar surface area (TPSA) is 70.7 Å². The Hall–Kier alpha value is -2.06. The number of methoxy groups -OCH3 is 1. The molecule has 1 heterocycles. The zero-order chi connectivity index (χ0) is 21.5. The van der Waals surface area contributed by atoms with E-state index in [1.165, 1.54) is 18.9 Å². The number of ether oxygens (including phenoxy) is 1. The van der Waals surface area contributed by atoms with Crippen molar-refractivity contribution < 1.29 is 23.1 Å². The van der Waals surface area contributed by atoms with Crippen LogP contribution < -0.4 is 10.6 Å².